The van der Waals surface area contributed by atoms with E-state index in [1.165, 1.54) is 12.1 Å². The van der Waals surface area contributed by atoms with Gasteiger partial charge in [0.2, 0.25) is 5.95 Å². The van der Waals surface area contributed by atoms with Crippen molar-refractivity contribution < 1.29 is 18.0 Å². The molecule has 0 fully saturated rings. The predicted molar refractivity (Wildman–Crippen MR) is 61.3 cm³/mol. The van der Waals surface area contributed by atoms with E-state index in [2.05, 4.69) is 9.97 Å². The highest BCUT2D eigenvalue weighted by molar-refractivity contribution is 6.09. The molecule has 0 atom stereocenters. The monoisotopic (exact) mass is 267 g/mol. The normalized spacial score (nSPS) is 11.3. The van der Waals surface area contributed by atoms with Gasteiger partial charge in [0.25, 0.3) is 0 Å². The molecule has 0 saturated heterocycles. The van der Waals surface area contributed by atoms with Crippen LogP contribution in [0.15, 0.2) is 36.5 Å². The summed E-state index contributed by atoms with van der Waals surface area (Å²) >= 11 is 0. The van der Waals surface area contributed by atoms with Crippen LogP contribution in [0.4, 0.5) is 19.1 Å². The summed E-state index contributed by atoms with van der Waals surface area (Å²) in [5.41, 5.74) is 3.31. The number of hydrogen-bond acceptors (Lipinski definition) is 4. The fourth-order valence-corrected chi connectivity index (χ4v) is 1.52. The highest BCUT2D eigenvalue weighted by Gasteiger charge is 2.38. The molecule has 7 heteroatoms. The van der Waals surface area contributed by atoms with Gasteiger partial charge in [-0.2, -0.15) is 13.2 Å². The van der Waals surface area contributed by atoms with Crippen LogP contribution in [0.25, 0.3) is 0 Å². The summed E-state index contributed by atoms with van der Waals surface area (Å²) in [4.78, 5) is 18.6. The number of anilines is 1. The van der Waals surface area contributed by atoms with E-state index >= 15 is 0 Å². The first kappa shape index (κ1) is 13.0. The molecule has 0 radical (unpaired) electrons. The van der Waals surface area contributed by atoms with E-state index in [0.717, 1.165) is 6.20 Å². The van der Waals surface area contributed by atoms with Gasteiger partial charge in [0.1, 0.15) is 0 Å². The third-order valence-electron chi connectivity index (χ3n) is 2.36. The number of benzene rings is 1. The molecule has 0 aliphatic heterocycles. The van der Waals surface area contributed by atoms with Crippen molar-refractivity contribution >= 4 is 11.7 Å². The number of rotatable bonds is 2. The topological polar surface area (TPSA) is 68.9 Å². The van der Waals surface area contributed by atoms with Crippen LogP contribution in [0.5, 0.6) is 0 Å². The Bertz CT molecular complexity index is 611. The second-order valence-corrected chi connectivity index (χ2v) is 3.68. The lowest BCUT2D eigenvalue weighted by atomic mass is 10.0. The molecule has 4 nitrogen and oxygen atoms in total. The molecule has 0 amide bonds. The highest BCUT2D eigenvalue weighted by Crippen LogP contribution is 2.31. The van der Waals surface area contributed by atoms with Crippen LogP contribution in [0, 0.1) is 0 Å². The second-order valence-electron chi connectivity index (χ2n) is 3.68. The first-order valence-corrected chi connectivity index (χ1v) is 5.19. The lowest BCUT2D eigenvalue weighted by Crippen LogP contribution is -2.18. The number of nitrogens with two attached hydrogens (primary N) is 1. The molecule has 0 unspecified atom stereocenters. The average molecular weight is 267 g/mol. The SMILES string of the molecule is Nc1ncc(C(=O)c2ccccc2)c(C(F)(F)F)n1. The van der Waals surface area contributed by atoms with Crippen molar-refractivity contribution in [1.82, 2.24) is 9.97 Å². The van der Waals surface area contributed by atoms with Crippen LogP contribution in [-0.2, 0) is 6.18 Å². The van der Waals surface area contributed by atoms with Gasteiger partial charge < -0.3 is 5.73 Å². The molecular weight excluding hydrogens is 259 g/mol. The Balaban J connectivity index is 2.54. The van der Waals surface area contributed by atoms with Gasteiger partial charge in [-0.1, -0.05) is 30.3 Å². The molecule has 19 heavy (non-hydrogen) atoms. The molecule has 1 heterocycles. The molecule has 0 aliphatic carbocycles. The van der Waals surface area contributed by atoms with Crippen LogP contribution in [-0.4, -0.2) is 15.8 Å². The molecule has 98 valence electrons. The van der Waals surface area contributed by atoms with Crippen molar-refractivity contribution in [2.45, 2.75) is 6.18 Å². The van der Waals surface area contributed by atoms with Gasteiger partial charge in [0, 0.05) is 11.8 Å². The van der Waals surface area contributed by atoms with E-state index in [0.29, 0.717) is 0 Å². The van der Waals surface area contributed by atoms with Crippen LogP contribution in [0.3, 0.4) is 0 Å². The van der Waals surface area contributed by atoms with Gasteiger partial charge in [-0.25, -0.2) is 9.97 Å². The van der Waals surface area contributed by atoms with E-state index in [1.54, 1.807) is 18.2 Å². The molecule has 0 bridgehead atoms. The Morgan fingerprint density at radius 1 is 1.16 bits per heavy atom. The Morgan fingerprint density at radius 3 is 2.37 bits per heavy atom. The maximum absolute atomic E-state index is 12.8. The molecule has 2 aromatic rings. The number of carbonyl (C=O) groups excluding carboxylic acids is 1. The predicted octanol–water partition coefficient (Wildman–Crippen LogP) is 2.31. The third-order valence-corrected chi connectivity index (χ3v) is 2.36. The minimum absolute atomic E-state index is 0.126. The number of carbonyl (C=O) groups is 1. The van der Waals surface area contributed by atoms with Crippen molar-refractivity contribution in [2.75, 3.05) is 5.73 Å². The Hall–Kier alpha value is -2.44. The van der Waals surface area contributed by atoms with E-state index < -0.39 is 29.2 Å². The average Bonchev–Trinajstić information content (AvgIpc) is 2.38. The standard InChI is InChI=1S/C12H8F3N3O/c13-12(14,15)10-8(6-17-11(16)18-10)9(19)7-4-2-1-3-5-7/h1-6H,(H2,16,17,18). The highest BCUT2D eigenvalue weighted by atomic mass is 19.4. The van der Waals surface area contributed by atoms with Crippen molar-refractivity contribution in [2.24, 2.45) is 0 Å². The minimum atomic E-state index is -4.77. The maximum atomic E-state index is 12.8. The van der Waals surface area contributed by atoms with Gasteiger partial charge >= 0.3 is 6.18 Å². The number of nitrogens with zero attached hydrogens (tertiary/aromatic N) is 2. The van der Waals surface area contributed by atoms with Crippen LogP contribution < -0.4 is 5.73 Å². The minimum Gasteiger partial charge on any atom is -0.368 e. The Labute approximate surface area is 106 Å². The van der Waals surface area contributed by atoms with Crippen molar-refractivity contribution in [3.8, 4) is 0 Å². The number of aromatic nitrogens is 2. The van der Waals surface area contributed by atoms with E-state index in [1.807, 2.05) is 0 Å². The van der Waals surface area contributed by atoms with Crippen molar-refractivity contribution in [1.29, 1.82) is 0 Å². The zero-order chi connectivity index (χ0) is 14.0. The summed E-state index contributed by atoms with van der Waals surface area (Å²) in [5, 5.41) is 0. The molecule has 2 N–H and O–H groups in total. The molecular formula is C12H8F3N3O. The number of hydrogen-bond donors (Lipinski definition) is 1. The first-order chi connectivity index (χ1) is 8.89. The summed E-state index contributed by atoms with van der Waals surface area (Å²) in [6.07, 6.45) is -3.97. The molecule has 0 aliphatic rings. The van der Waals surface area contributed by atoms with E-state index in [-0.39, 0.29) is 5.56 Å². The quantitative estimate of drug-likeness (QED) is 0.848. The second kappa shape index (κ2) is 4.68. The zero-order valence-corrected chi connectivity index (χ0v) is 9.48. The van der Waals surface area contributed by atoms with Gasteiger partial charge in [-0.15, -0.1) is 0 Å². The van der Waals surface area contributed by atoms with Crippen molar-refractivity contribution in [3.63, 3.8) is 0 Å². The van der Waals surface area contributed by atoms with Gasteiger partial charge in [-0.05, 0) is 0 Å². The summed E-state index contributed by atoms with van der Waals surface area (Å²) < 4.78 is 38.4. The lowest BCUT2D eigenvalue weighted by molar-refractivity contribution is -0.141. The van der Waals surface area contributed by atoms with Crippen LogP contribution in [0.2, 0.25) is 0 Å². The lowest BCUT2D eigenvalue weighted by Gasteiger charge is -2.10. The van der Waals surface area contributed by atoms with E-state index in [9.17, 15) is 18.0 Å². The van der Waals surface area contributed by atoms with E-state index in [4.69, 9.17) is 5.73 Å². The number of ketones is 1. The third kappa shape index (κ3) is 2.70. The van der Waals surface area contributed by atoms with Crippen LogP contribution >= 0.6 is 0 Å². The van der Waals surface area contributed by atoms with Gasteiger partial charge in [0.05, 0.1) is 5.56 Å². The molecule has 0 saturated carbocycles. The molecule has 2 rings (SSSR count). The number of alkyl halides is 3. The summed E-state index contributed by atoms with van der Waals surface area (Å²) in [7, 11) is 0. The molecule has 1 aromatic heterocycles. The maximum Gasteiger partial charge on any atom is 0.434 e. The van der Waals surface area contributed by atoms with Crippen LogP contribution in [0.1, 0.15) is 21.6 Å². The number of nitrogen functional groups attached to an aromatic ring is 1. The van der Waals surface area contributed by atoms with Gasteiger partial charge in [-0.3, -0.25) is 4.79 Å². The van der Waals surface area contributed by atoms with Crippen molar-refractivity contribution in [3.05, 3.63) is 53.3 Å². The molecule has 1 aromatic carbocycles. The largest absolute Gasteiger partial charge is 0.434 e. The summed E-state index contributed by atoms with van der Waals surface area (Å²) in [6.45, 7) is 0. The summed E-state index contributed by atoms with van der Waals surface area (Å²) in [5.74, 6) is -1.33. The van der Waals surface area contributed by atoms with Gasteiger partial charge in [0.15, 0.2) is 11.5 Å². The Morgan fingerprint density at radius 2 is 1.79 bits per heavy atom. The number of halogens is 3. The smallest absolute Gasteiger partial charge is 0.368 e. The fraction of sp³-hybridized carbons (Fsp3) is 0.0833. The summed E-state index contributed by atoms with van der Waals surface area (Å²) in [6, 6.07) is 7.59. The first-order valence-electron chi connectivity index (χ1n) is 5.19. The molecule has 0 spiro atoms. The Kier molecular flexibility index (Phi) is 3.20. The zero-order valence-electron chi connectivity index (χ0n) is 9.48. The fourth-order valence-electron chi connectivity index (χ4n) is 1.52.